The van der Waals surface area contributed by atoms with E-state index in [1.165, 1.54) is 6.07 Å². The Morgan fingerprint density at radius 1 is 1.41 bits per heavy atom. The summed E-state index contributed by atoms with van der Waals surface area (Å²) in [6.07, 6.45) is 2.51. The summed E-state index contributed by atoms with van der Waals surface area (Å²) in [6.45, 7) is 4.61. The van der Waals surface area contributed by atoms with Crippen molar-refractivity contribution >= 4 is 5.91 Å². The molecule has 6 heteroatoms. The Kier molecular flexibility index (Phi) is 2.79. The van der Waals surface area contributed by atoms with Gasteiger partial charge < -0.3 is 15.0 Å². The van der Waals surface area contributed by atoms with E-state index in [4.69, 9.17) is 0 Å². The second-order valence-electron chi connectivity index (χ2n) is 7.45. The minimum absolute atomic E-state index is 0.0421. The molecule has 0 radical (unpaired) electrons. The van der Waals surface area contributed by atoms with E-state index in [2.05, 4.69) is 9.97 Å². The lowest BCUT2D eigenvalue weighted by Crippen LogP contribution is -2.64. The topological polar surface area (TPSA) is 86.3 Å². The highest BCUT2D eigenvalue weighted by Crippen LogP contribution is 2.53. The van der Waals surface area contributed by atoms with Gasteiger partial charge in [-0.05, 0) is 19.3 Å². The third-order valence-corrected chi connectivity index (χ3v) is 5.58. The summed E-state index contributed by atoms with van der Waals surface area (Å²) in [5.41, 5.74) is -0.315. The maximum absolute atomic E-state index is 12.8. The Morgan fingerprint density at radius 3 is 2.82 bits per heavy atom. The van der Waals surface area contributed by atoms with Crippen LogP contribution in [-0.4, -0.2) is 44.6 Å². The molecule has 2 saturated carbocycles. The Labute approximate surface area is 128 Å². The molecule has 3 aliphatic rings. The van der Waals surface area contributed by atoms with Gasteiger partial charge in [0.25, 0.3) is 11.5 Å². The SMILES string of the molecule is CC1(C)C(O)[C@@H]2CCN(C(=O)c3cc(=O)[nH]c(C4CC4)n3)[C@@H]21. The number of aromatic nitrogens is 2. The van der Waals surface area contributed by atoms with Gasteiger partial charge >= 0.3 is 0 Å². The van der Waals surface area contributed by atoms with E-state index < -0.39 is 0 Å². The number of nitrogens with one attached hydrogen (secondary N) is 1. The number of likely N-dealkylation sites (tertiary alicyclic amines) is 1. The smallest absolute Gasteiger partial charge is 0.273 e. The number of aromatic amines is 1. The van der Waals surface area contributed by atoms with Crippen LogP contribution in [0.5, 0.6) is 0 Å². The molecule has 1 saturated heterocycles. The van der Waals surface area contributed by atoms with Gasteiger partial charge in [-0.15, -0.1) is 0 Å². The maximum atomic E-state index is 12.8. The summed E-state index contributed by atoms with van der Waals surface area (Å²) in [7, 11) is 0. The summed E-state index contributed by atoms with van der Waals surface area (Å²) in [4.78, 5) is 33.5. The molecule has 0 spiro atoms. The van der Waals surface area contributed by atoms with Crippen LogP contribution >= 0.6 is 0 Å². The van der Waals surface area contributed by atoms with Crippen LogP contribution in [-0.2, 0) is 0 Å². The molecule has 2 aliphatic carbocycles. The van der Waals surface area contributed by atoms with E-state index in [9.17, 15) is 14.7 Å². The van der Waals surface area contributed by atoms with Gasteiger partial charge in [0.2, 0.25) is 0 Å². The van der Waals surface area contributed by atoms with Gasteiger partial charge in [-0.25, -0.2) is 4.98 Å². The summed E-state index contributed by atoms with van der Waals surface area (Å²) in [6, 6.07) is 1.34. The van der Waals surface area contributed by atoms with Gasteiger partial charge in [0.1, 0.15) is 11.5 Å². The zero-order valence-electron chi connectivity index (χ0n) is 12.9. The number of H-pyrrole nitrogens is 1. The zero-order chi connectivity index (χ0) is 15.6. The van der Waals surface area contributed by atoms with Gasteiger partial charge in [-0.1, -0.05) is 13.8 Å². The van der Waals surface area contributed by atoms with Crippen LogP contribution in [0.2, 0.25) is 0 Å². The van der Waals surface area contributed by atoms with Crippen LogP contribution in [0.3, 0.4) is 0 Å². The molecule has 3 fully saturated rings. The minimum Gasteiger partial charge on any atom is -0.392 e. The molecule has 1 aromatic rings. The third kappa shape index (κ3) is 1.86. The molecule has 6 nitrogen and oxygen atoms in total. The first kappa shape index (κ1) is 13.9. The summed E-state index contributed by atoms with van der Waals surface area (Å²) < 4.78 is 0. The van der Waals surface area contributed by atoms with Crippen molar-refractivity contribution < 1.29 is 9.90 Å². The first-order valence-electron chi connectivity index (χ1n) is 8.00. The Balaban J connectivity index is 1.64. The van der Waals surface area contributed by atoms with E-state index >= 15 is 0 Å². The standard InChI is InChI=1S/C16H21N3O3/c1-16(2)12-9(13(16)21)5-6-19(12)15(22)10-7-11(20)18-14(17-10)8-3-4-8/h7-9,12-13,21H,3-6H2,1-2H3,(H,17,18,20)/t9-,12+,13?/m1/s1. The summed E-state index contributed by atoms with van der Waals surface area (Å²) in [5, 5.41) is 10.2. The number of fused-ring (bicyclic) bond motifs is 1. The average Bonchev–Trinajstić information content (AvgIpc) is 3.24. The lowest BCUT2D eigenvalue weighted by molar-refractivity contribution is -0.135. The monoisotopic (exact) mass is 303 g/mol. The highest BCUT2D eigenvalue weighted by Gasteiger charge is 2.61. The van der Waals surface area contributed by atoms with Crippen LogP contribution in [0.25, 0.3) is 0 Å². The van der Waals surface area contributed by atoms with Gasteiger partial charge in [-0.3, -0.25) is 9.59 Å². The van der Waals surface area contributed by atoms with Gasteiger partial charge in [-0.2, -0.15) is 0 Å². The van der Waals surface area contributed by atoms with Crippen molar-refractivity contribution in [2.75, 3.05) is 6.54 Å². The highest BCUT2D eigenvalue weighted by molar-refractivity contribution is 5.93. The Hall–Kier alpha value is -1.69. The lowest BCUT2D eigenvalue weighted by Gasteiger charge is -2.55. The van der Waals surface area contributed by atoms with Crippen molar-refractivity contribution in [1.82, 2.24) is 14.9 Å². The molecular weight excluding hydrogens is 282 g/mol. The number of hydrogen-bond acceptors (Lipinski definition) is 4. The molecular formula is C16H21N3O3. The number of carbonyl (C=O) groups excluding carboxylic acids is 1. The first-order chi connectivity index (χ1) is 10.4. The van der Waals surface area contributed by atoms with E-state index in [0.29, 0.717) is 18.3 Å². The van der Waals surface area contributed by atoms with Crippen molar-refractivity contribution in [1.29, 1.82) is 0 Å². The number of aliphatic hydroxyl groups excluding tert-OH is 1. The normalized spacial score (nSPS) is 32.5. The fraction of sp³-hybridized carbons (Fsp3) is 0.688. The second-order valence-corrected chi connectivity index (χ2v) is 7.45. The van der Waals surface area contributed by atoms with Crippen molar-refractivity contribution in [3.05, 3.63) is 27.9 Å². The minimum atomic E-state index is -0.357. The zero-order valence-corrected chi connectivity index (χ0v) is 12.9. The molecule has 118 valence electrons. The maximum Gasteiger partial charge on any atom is 0.273 e. The number of nitrogens with zero attached hydrogens (tertiary/aromatic N) is 2. The van der Waals surface area contributed by atoms with Crippen LogP contribution in [0.4, 0.5) is 0 Å². The predicted octanol–water partition coefficient (Wildman–Crippen LogP) is 0.879. The number of amides is 1. The van der Waals surface area contributed by atoms with Crippen LogP contribution in [0.15, 0.2) is 10.9 Å². The van der Waals surface area contributed by atoms with Crippen molar-refractivity contribution in [3.8, 4) is 0 Å². The Bertz CT molecular complexity index is 692. The number of rotatable bonds is 2. The largest absolute Gasteiger partial charge is 0.392 e. The molecule has 0 bridgehead atoms. The highest BCUT2D eigenvalue weighted by atomic mass is 16.3. The first-order valence-corrected chi connectivity index (χ1v) is 8.00. The van der Waals surface area contributed by atoms with Crippen LogP contribution < -0.4 is 5.56 Å². The number of carbonyl (C=O) groups is 1. The fourth-order valence-corrected chi connectivity index (χ4v) is 4.22. The lowest BCUT2D eigenvalue weighted by atomic mass is 9.58. The fourth-order valence-electron chi connectivity index (χ4n) is 4.22. The number of hydrogen-bond donors (Lipinski definition) is 2. The molecule has 4 rings (SSSR count). The Morgan fingerprint density at radius 2 is 2.14 bits per heavy atom. The third-order valence-electron chi connectivity index (χ3n) is 5.58. The number of aliphatic hydroxyl groups is 1. The van der Waals surface area contributed by atoms with Gasteiger partial charge in [0, 0.05) is 35.9 Å². The molecule has 1 unspecified atom stereocenters. The van der Waals surface area contributed by atoms with Gasteiger partial charge in [0.15, 0.2) is 0 Å². The average molecular weight is 303 g/mol. The molecule has 1 amide bonds. The van der Waals surface area contributed by atoms with E-state index in [1.54, 1.807) is 4.90 Å². The quantitative estimate of drug-likeness (QED) is 0.849. The molecule has 0 aromatic carbocycles. The van der Waals surface area contributed by atoms with E-state index in [-0.39, 0.29) is 40.6 Å². The van der Waals surface area contributed by atoms with Crippen molar-refractivity contribution in [3.63, 3.8) is 0 Å². The predicted molar refractivity (Wildman–Crippen MR) is 79.6 cm³/mol. The molecule has 2 N–H and O–H groups in total. The van der Waals surface area contributed by atoms with E-state index in [1.807, 2.05) is 13.8 Å². The second kappa shape index (κ2) is 4.41. The molecule has 3 atom stereocenters. The summed E-state index contributed by atoms with van der Waals surface area (Å²) >= 11 is 0. The molecule has 1 aliphatic heterocycles. The van der Waals surface area contributed by atoms with Crippen LogP contribution in [0, 0.1) is 11.3 Å². The van der Waals surface area contributed by atoms with Gasteiger partial charge in [0.05, 0.1) is 6.10 Å². The van der Waals surface area contributed by atoms with Crippen molar-refractivity contribution in [2.45, 2.75) is 51.2 Å². The summed E-state index contributed by atoms with van der Waals surface area (Å²) in [5.74, 6) is 0.914. The molecule has 1 aromatic heterocycles. The molecule has 22 heavy (non-hydrogen) atoms. The van der Waals surface area contributed by atoms with Crippen LogP contribution in [0.1, 0.15) is 55.3 Å². The van der Waals surface area contributed by atoms with E-state index in [0.717, 1.165) is 19.3 Å². The molecule has 2 heterocycles. The van der Waals surface area contributed by atoms with Crippen molar-refractivity contribution in [2.24, 2.45) is 11.3 Å².